The lowest BCUT2D eigenvalue weighted by Crippen LogP contribution is -2.19. The zero-order valence-electron chi connectivity index (χ0n) is 8.50. The van der Waals surface area contributed by atoms with E-state index < -0.39 is 42.0 Å². The first-order valence-electron chi connectivity index (χ1n) is 4.36. The van der Waals surface area contributed by atoms with Crippen LogP contribution in [-0.2, 0) is 6.61 Å². The molecule has 0 saturated heterocycles. The Labute approximate surface area is 97.2 Å². The zero-order valence-corrected chi connectivity index (χ0v) is 8.50. The highest BCUT2D eigenvalue weighted by atomic mass is 19.4. The summed E-state index contributed by atoms with van der Waals surface area (Å²) in [5.74, 6) is -1.13. The van der Waals surface area contributed by atoms with Crippen molar-refractivity contribution in [2.24, 2.45) is 0 Å². The van der Waals surface area contributed by atoms with Gasteiger partial charge in [-0.3, -0.25) is 4.98 Å². The molecule has 0 aliphatic carbocycles. The van der Waals surface area contributed by atoms with Gasteiger partial charge in [0.1, 0.15) is 11.6 Å². The second-order valence-corrected chi connectivity index (χ2v) is 2.98. The van der Waals surface area contributed by atoms with E-state index in [9.17, 15) is 22.0 Å². The molecule has 0 radical (unpaired) electrons. The lowest BCUT2D eigenvalue weighted by atomic mass is 10.1. The Bertz CT molecular complexity index is 481. The minimum Gasteiger partial charge on any atom is -0.403 e. The lowest BCUT2D eigenvalue weighted by Gasteiger charge is -2.14. The molecular formula is C9H5F5N2O2. The van der Waals surface area contributed by atoms with Gasteiger partial charge >= 0.3 is 6.36 Å². The van der Waals surface area contributed by atoms with Gasteiger partial charge in [0.2, 0.25) is 0 Å². The van der Waals surface area contributed by atoms with Crippen LogP contribution in [0.5, 0.6) is 5.75 Å². The van der Waals surface area contributed by atoms with Crippen molar-refractivity contribution in [2.75, 3.05) is 0 Å². The number of ether oxygens (including phenoxy) is 1. The van der Waals surface area contributed by atoms with E-state index in [4.69, 9.17) is 10.4 Å². The molecule has 98 valence electrons. The zero-order chi connectivity index (χ0) is 13.9. The van der Waals surface area contributed by atoms with Gasteiger partial charge in [0, 0.05) is 0 Å². The first kappa shape index (κ1) is 14.1. The van der Waals surface area contributed by atoms with Crippen LogP contribution < -0.4 is 4.74 Å². The summed E-state index contributed by atoms with van der Waals surface area (Å²) in [7, 11) is 0. The Morgan fingerprint density at radius 1 is 1.44 bits per heavy atom. The predicted octanol–water partition coefficient (Wildman–Crippen LogP) is 2.28. The van der Waals surface area contributed by atoms with E-state index in [0.29, 0.717) is 6.20 Å². The van der Waals surface area contributed by atoms with Crippen molar-refractivity contribution in [2.45, 2.75) is 19.4 Å². The van der Waals surface area contributed by atoms with Gasteiger partial charge in [0.15, 0.2) is 5.75 Å². The van der Waals surface area contributed by atoms with Crippen LogP contribution in [0.15, 0.2) is 6.20 Å². The Morgan fingerprint density at radius 3 is 2.44 bits per heavy atom. The molecule has 0 aromatic carbocycles. The number of nitrogens with zero attached hydrogens (tertiary/aromatic N) is 2. The third-order valence-corrected chi connectivity index (χ3v) is 1.87. The van der Waals surface area contributed by atoms with Crippen LogP contribution in [0.4, 0.5) is 22.0 Å². The second-order valence-electron chi connectivity index (χ2n) is 2.98. The SMILES string of the molecule is N#Cc1c(OC(F)(F)F)cnc(CO)c1C(F)F. The summed E-state index contributed by atoms with van der Waals surface area (Å²) in [5, 5.41) is 17.4. The number of alkyl halides is 5. The van der Waals surface area contributed by atoms with Gasteiger partial charge in [-0.2, -0.15) is 5.26 Å². The highest BCUT2D eigenvalue weighted by Gasteiger charge is 2.34. The number of aromatic nitrogens is 1. The minimum absolute atomic E-state index is 0.462. The van der Waals surface area contributed by atoms with Crippen LogP contribution in [0, 0.1) is 11.3 Å². The number of nitriles is 1. The molecule has 18 heavy (non-hydrogen) atoms. The summed E-state index contributed by atoms with van der Waals surface area (Å²) in [4.78, 5) is 3.21. The summed E-state index contributed by atoms with van der Waals surface area (Å²) >= 11 is 0. The molecule has 9 heteroatoms. The Morgan fingerprint density at radius 2 is 2.06 bits per heavy atom. The first-order valence-corrected chi connectivity index (χ1v) is 4.36. The number of aliphatic hydroxyl groups excluding tert-OH is 1. The molecule has 0 aliphatic heterocycles. The van der Waals surface area contributed by atoms with Crippen LogP contribution in [-0.4, -0.2) is 16.5 Å². The number of aliphatic hydroxyl groups is 1. The Kier molecular flexibility index (Phi) is 4.03. The summed E-state index contributed by atoms with van der Waals surface area (Å²) in [6, 6.07) is 1.19. The van der Waals surface area contributed by atoms with Crippen molar-refractivity contribution in [3.8, 4) is 11.8 Å². The van der Waals surface area contributed by atoms with Crippen LogP contribution in [0.3, 0.4) is 0 Å². The lowest BCUT2D eigenvalue weighted by molar-refractivity contribution is -0.274. The highest BCUT2D eigenvalue weighted by Crippen LogP contribution is 2.33. The highest BCUT2D eigenvalue weighted by molar-refractivity contribution is 5.50. The molecule has 0 amide bonds. The Balaban J connectivity index is 3.39. The fourth-order valence-corrected chi connectivity index (χ4v) is 1.23. The number of hydrogen-bond acceptors (Lipinski definition) is 4. The normalized spacial score (nSPS) is 11.4. The van der Waals surface area contributed by atoms with E-state index >= 15 is 0 Å². The van der Waals surface area contributed by atoms with Crippen LogP contribution >= 0.6 is 0 Å². The molecule has 0 spiro atoms. The fourth-order valence-electron chi connectivity index (χ4n) is 1.23. The summed E-state index contributed by atoms with van der Waals surface area (Å²) in [6.07, 6.45) is -7.93. The molecule has 1 aromatic rings. The van der Waals surface area contributed by atoms with Crippen molar-refractivity contribution in [3.63, 3.8) is 0 Å². The Hall–Kier alpha value is -1.95. The average Bonchev–Trinajstić information content (AvgIpc) is 2.26. The molecule has 0 saturated carbocycles. The van der Waals surface area contributed by atoms with E-state index in [-0.39, 0.29) is 0 Å². The summed E-state index contributed by atoms with van der Waals surface area (Å²) in [6.45, 7) is -0.930. The van der Waals surface area contributed by atoms with Gasteiger partial charge in [-0.15, -0.1) is 13.2 Å². The van der Waals surface area contributed by atoms with Gasteiger partial charge in [-0.05, 0) is 0 Å². The largest absolute Gasteiger partial charge is 0.573 e. The average molecular weight is 268 g/mol. The number of halogens is 5. The molecule has 0 aliphatic rings. The van der Waals surface area contributed by atoms with Gasteiger partial charge in [-0.25, -0.2) is 8.78 Å². The van der Waals surface area contributed by atoms with E-state index in [1.165, 1.54) is 6.07 Å². The predicted molar refractivity (Wildman–Crippen MR) is 46.5 cm³/mol. The molecular weight excluding hydrogens is 263 g/mol. The maximum absolute atomic E-state index is 12.6. The second kappa shape index (κ2) is 5.14. The van der Waals surface area contributed by atoms with E-state index in [0.717, 1.165) is 0 Å². The smallest absolute Gasteiger partial charge is 0.403 e. The number of rotatable bonds is 3. The molecule has 0 atom stereocenters. The molecule has 1 N–H and O–H groups in total. The monoisotopic (exact) mass is 268 g/mol. The van der Waals surface area contributed by atoms with Crippen molar-refractivity contribution in [1.29, 1.82) is 5.26 Å². The van der Waals surface area contributed by atoms with Crippen molar-refractivity contribution in [3.05, 3.63) is 23.0 Å². The van der Waals surface area contributed by atoms with Crippen molar-refractivity contribution < 1.29 is 31.8 Å². The van der Waals surface area contributed by atoms with Gasteiger partial charge in [0.05, 0.1) is 24.1 Å². The minimum atomic E-state index is -5.13. The van der Waals surface area contributed by atoms with E-state index in [2.05, 4.69) is 9.72 Å². The van der Waals surface area contributed by atoms with Crippen molar-refractivity contribution >= 4 is 0 Å². The molecule has 1 rings (SSSR count). The maximum Gasteiger partial charge on any atom is 0.573 e. The van der Waals surface area contributed by atoms with Crippen LogP contribution in [0.1, 0.15) is 23.2 Å². The molecule has 1 aromatic heterocycles. The fraction of sp³-hybridized carbons (Fsp3) is 0.333. The standard InChI is InChI=1S/C9H5F5N2O2/c10-8(11)7-4(1-15)6(18-9(12,13)14)2-16-5(7)3-17/h2,8,17H,3H2. The topological polar surface area (TPSA) is 66.1 Å². The molecule has 4 nitrogen and oxygen atoms in total. The molecule has 1 heterocycles. The molecule has 0 fully saturated rings. The number of hydrogen-bond donors (Lipinski definition) is 1. The molecule has 0 bridgehead atoms. The third-order valence-electron chi connectivity index (χ3n) is 1.87. The van der Waals surface area contributed by atoms with E-state index in [1.54, 1.807) is 0 Å². The van der Waals surface area contributed by atoms with Crippen LogP contribution in [0.25, 0.3) is 0 Å². The number of pyridine rings is 1. The van der Waals surface area contributed by atoms with Crippen molar-refractivity contribution in [1.82, 2.24) is 4.98 Å². The summed E-state index contributed by atoms with van der Waals surface area (Å²) in [5.41, 5.74) is -2.64. The van der Waals surface area contributed by atoms with E-state index in [1.807, 2.05) is 0 Å². The quantitative estimate of drug-likeness (QED) is 0.854. The van der Waals surface area contributed by atoms with Gasteiger partial charge in [0.25, 0.3) is 6.43 Å². The maximum atomic E-state index is 12.6. The van der Waals surface area contributed by atoms with Gasteiger partial charge < -0.3 is 9.84 Å². The molecule has 0 unspecified atom stereocenters. The third kappa shape index (κ3) is 3.04. The van der Waals surface area contributed by atoms with Crippen LogP contribution in [0.2, 0.25) is 0 Å². The summed E-state index contributed by atoms with van der Waals surface area (Å²) < 4.78 is 64.6. The first-order chi connectivity index (χ1) is 8.30. The van der Waals surface area contributed by atoms with Gasteiger partial charge in [-0.1, -0.05) is 0 Å².